The van der Waals surface area contributed by atoms with Gasteiger partial charge in [0.05, 0.1) is 31.2 Å². The van der Waals surface area contributed by atoms with Crippen LogP contribution in [0, 0.1) is 11.3 Å². The van der Waals surface area contributed by atoms with Crippen LogP contribution in [0.2, 0.25) is 0 Å². The largest absolute Gasteiger partial charge is 0.497 e. The lowest BCUT2D eigenvalue weighted by atomic mass is 9.99. The van der Waals surface area contributed by atoms with Gasteiger partial charge >= 0.3 is 5.97 Å². The smallest absolute Gasteiger partial charge is 0.316 e. The molecular formula is C22H18N2O3S. The Labute approximate surface area is 167 Å². The van der Waals surface area contributed by atoms with Gasteiger partial charge in [-0.3, -0.25) is 4.79 Å². The highest BCUT2D eigenvalue weighted by Gasteiger charge is 2.17. The number of ether oxygens (including phenoxy) is 2. The molecule has 28 heavy (non-hydrogen) atoms. The van der Waals surface area contributed by atoms with Gasteiger partial charge in [-0.2, -0.15) is 5.26 Å². The third-order valence-electron chi connectivity index (χ3n) is 4.12. The van der Waals surface area contributed by atoms with Crippen molar-refractivity contribution in [2.75, 3.05) is 20.0 Å². The Morgan fingerprint density at radius 3 is 2.39 bits per heavy atom. The summed E-state index contributed by atoms with van der Waals surface area (Å²) in [4.78, 5) is 16.3. The normalized spacial score (nSPS) is 10.2. The first kappa shape index (κ1) is 19.5. The van der Waals surface area contributed by atoms with Crippen LogP contribution in [0.15, 0.2) is 65.7 Å². The number of methoxy groups -OCH3 is 2. The minimum atomic E-state index is -0.369. The van der Waals surface area contributed by atoms with Crippen molar-refractivity contribution in [3.63, 3.8) is 0 Å². The first-order valence-corrected chi connectivity index (χ1v) is 9.49. The molecule has 0 atom stereocenters. The monoisotopic (exact) mass is 390 g/mol. The molecule has 1 heterocycles. The lowest BCUT2D eigenvalue weighted by Crippen LogP contribution is -2.04. The minimum absolute atomic E-state index is 0.0818. The van der Waals surface area contributed by atoms with Gasteiger partial charge < -0.3 is 9.47 Å². The van der Waals surface area contributed by atoms with Crippen molar-refractivity contribution in [3.8, 4) is 34.2 Å². The van der Waals surface area contributed by atoms with Gasteiger partial charge in [-0.1, -0.05) is 42.1 Å². The number of thioether (sulfide) groups is 1. The summed E-state index contributed by atoms with van der Waals surface area (Å²) in [5.41, 5.74) is 3.74. The molecule has 1 aromatic heterocycles. The Morgan fingerprint density at radius 2 is 1.79 bits per heavy atom. The second-order valence-corrected chi connectivity index (χ2v) is 6.77. The van der Waals surface area contributed by atoms with Gasteiger partial charge in [-0.15, -0.1) is 0 Å². The fourth-order valence-electron chi connectivity index (χ4n) is 2.68. The van der Waals surface area contributed by atoms with E-state index in [1.165, 1.54) is 18.9 Å². The van der Waals surface area contributed by atoms with Gasteiger partial charge in [0.15, 0.2) is 0 Å². The summed E-state index contributed by atoms with van der Waals surface area (Å²) in [7, 11) is 2.95. The maximum absolute atomic E-state index is 11.6. The van der Waals surface area contributed by atoms with E-state index in [0.29, 0.717) is 16.3 Å². The van der Waals surface area contributed by atoms with Crippen LogP contribution in [0.4, 0.5) is 0 Å². The Hall–Kier alpha value is -3.30. The van der Waals surface area contributed by atoms with Gasteiger partial charge in [0.2, 0.25) is 0 Å². The van der Waals surface area contributed by atoms with Crippen molar-refractivity contribution in [2.45, 2.75) is 5.03 Å². The molecule has 0 bridgehead atoms. The van der Waals surface area contributed by atoms with E-state index in [1.54, 1.807) is 7.11 Å². The number of carbonyl (C=O) groups excluding carboxylic acids is 1. The molecule has 3 rings (SSSR count). The van der Waals surface area contributed by atoms with Crippen LogP contribution in [-0.2, 0) is 9.53 Å². The maximum atomic E-state index is 11.6. The molecule has 0 aliphatic rings. The fourth-order valence-corrected chi connectivity index (χ4v) is 3.51. The topological polar surface area (TPSA) is 72.2 Å². The summed E-state index contributed by atoms with van der Waals surface area (Å²) in [6, 6.07) is 21.4. The Kier molecular flexibility index (Phi) is 6.30. The molecule has 6 heteroatoms. The number of hydrogen-bond donors (Lipinski definition) is 0. The average Bonchev–Trinajstić information content (AvgIpc) is 2.77. The molecule has 0 aliphatic carbocycles. The predicted octanol–water partition coefficient (Wildman–Crippen LogP) is 4.56. The highest BCUT2D eigenvalue weighted by atomic mass is 32.2. The van der Waals surface area contributed by atoms with Gasteiger partial charge in [0.1, 0.15) is 16.8 Å². The number of aromatic nitrogens is 1. The molecule has 0 radical (unpaired) electrons. The lowest BCUT2D eigenvalue weighted by Gasteiger charge is -2.12. The summed E-state index contributed by atoms with van der Waals surface area (Å²) in [5, 5.41) is 10.3. The van der Waals surface area contributed by atoms with Crippen molar-refractivity contribution < 1.29 is 14.3 Å². The predicted molar refractivity (Wildman–Crippen MR) is 109 cm³/mol. The summed E-state index contributed by atoms with van der Waals surface area (Å²) in [5.74, 6) is 0.464. The van der Waals surface area contributed by atoms with Crippen molar-refractivity contribution in [1.82, 2.24) is 4.98 Å². The first-order valence-electron chi connectivity index (χ1n) is 8.51. The zero-order chi connectivity index (χ0) is 19.9. The zero-order valence-electron chi connectivity index (χ0n) is 15.5. The summed E-state index contributed by atoms with van der Waals surface area (Å²) < 4.78 is 9.93. The molecule has 0 aliphatic heterocycles. The molecule has 0 N–H and O–H groups in total. The quantitative estimate of drug-likeness (QED) is 0.454. The minimum Gasteiger partial charge on any atom is -0.497 e. The van der Waals surface area contributed by atoms with Crippen molar-refractivity contribution >= 4 is 17.7 Å². The average molecular weight is 390 g/mol. The molecule has 5 nitrogen and oxygen atoms in total. The van der Waals surface area contributed by atoms with Crippen LogP contribution in [0.1, 0.15) is 5.56 Å². The standard InChI is InChI=1S/C22H18N2O3S/c1-26-17-10-8-16(9-11-17)20-12-18(15-6-4-3-5-7-15)19(13-23)22(24-20)28-14-21(25)27-2/h3-12H,14H2,1-2H3. The van der Waals surface area contributed by atoms with E-state index in [0.717, 1.165) is 22.4 Å². The summed E-state index contributed by atoms with van der Waals surface area (Å²) in [6.45, 7) is 0. The molecule has 140 valence electrons. The van der Waals surface area contributed by atoms with E-state index in [1.807, 2.05) is 60.7 Å². The van der Waals surface area contributed by atoms with Gasteiger partial charge in [0, 0.05) is 11.1 Å². The Morgan fingerprint density at radius 1 is 1.07 bits per heavy atom. The molecule has 0 unspecified atom stereocenters. The number of rotatable bonds is 6. The van der Waals surface area contributed by atoms with Gasteiger partial charge in [-0.05, 0) is 35.9 Å². The molecule has 0 fully saturated rings. The number of benzene rings is 2. The zero-order valence-corrected chi connectivity index (χ0v) is 16.3. The van der Waals surface area contributed by atoms with E-state index in [9.17, 15) is 10.1 Å². The van der Waals surface area contributed by atoms with E-state index in [2.05, 4.69) is 11.1 Å². The van der Waals surface area contributed by atoms with E-state index < -0.39 is 0 Å². The summed E-state index contributed by atoms with van der Waals surface area (Å²) in [6.07, 6.45) is 0. The highest BCUT2D eigenvalue weighted by molar-refractivity contribution is 7.99. The van der Waals surface area contributed by atoms with Crippen molar-refractivity contribution in [3.05, 3.63) is 66.2 Å². The number of nitriles is 1. The van der Waals surface area contributed by atoms with E-state index in [4.69, 9.17) is 9.47 Å². The van der Waals surface area contributed by atoms with E-state index >= 15 is 0 Å². The third kappa shape index (κ3) is 4.33. The van der Waals surface area contributed by atoms with Crippen LogP contribution in [-0.4, -0.2) is 30.9 Å². The Balaban J connectivity index is 2.14. The maximum Gasteiger partial charge on any atom is 0.316 e. The molecule has 0 spiro atoms. The van der Waals surface area contributed by atoms with Gasteiger partial charge in [0.25, 0.3) is 0 Å². The molecule has 0 saturated heterocycles. The molecule has 0 saturated carbocycles. The number of hydrogen-bond acceptors (Lipinski definition) is 6. The second kappa shape index (κ2) is 9.07. The molecule has 3 aromatic rings. The Bertz CT molecular complexity index is 1010. The van der Waals surface area contributed by atoms with Crippen molar-refractivity contribution in [2.24, 2.45) is 0 Å². The number of nitrogens with zero attached hydrogens (tertiary/aromatic N) is 2. The van der Waals surface area contributed by atoms with Crippen LogP contribution in [0.5, 0.6) is 5.75 Å². The van der Waals surface area contributed by atoms with Crippen molar-refractivity contribution in [1.29, 1.82) is 5.26 Å². The van der Waals surface area contributed by atoms with Gasteiger partial charge in [-0.25, -0.2) is 4.98 Å². The number of esters is 1. The molecule has 2 aromatic carbocycles. The SMILES string of the molecule is COC(=O)CSc1nc(-c2ccc(OC)cc2)cc(-c2ccccc2)c1C#N. The van der Waals surface area contributed by atoms with Crippen LogP contribution in [0.3, 0.4) is 0 Å². The van der Waals surface area contributed by atoms with Crippen LogP contribution in [0.25, 0.3) is 22.4 Å². The first-order chi connectivity index (χ1) is 13.7. The second-order valence-electron chi connectivity index (χ2n) is 5.81. The third-order valence-corrected chi connectivity index (χ3v) is 5.07. The highest BCUT2D eigenvalue weighted by Crippen LogP contribution is 2.34. The van der Waals surface area contributed by atoms with E-state index in [-0.39, 0.29) is 11.7 Å². The number of pyridine rings is 1. The van der Waals surface area contributed by atoms with Crippen LogP contribution < -0.4 is 4.74 Å². The molecular weight excluding hydrogens is 372 g/mol. The molecule has 0 amide bonds. The summed E-state index contributed by atoms with van der Waals surface area (Å²) >= 11 is 1.20. The number of carbonyl (C=O) groups is 1. The van der Waals surface area contributed by atoms with Crippen LogP contribution >= 0.6 is 11.8 Å². The lowest BCUT2D eigenvalue weighted by molar-refractivity contribution is -0.137. The fraction of sp³-hybridized carbons (Fsp3) is 0.136.